The Morgan fingerprint density at radius 3 is 2.50 bits per heavy atom. The maximum atomic E-state index is 12.3. The minimum Gasteiger partial charge on any atom is -0.377 e. The Morgan fingerprint density at radius 2 is 1.95 bits per heavy atom. The van der Waals surface area contributed by atoms with Gasteiger partial charge in [0.25, 0.3) is 5.91 Å². The van der Waals surface area contributed by atoms with E-state index in [4.69, 9.17) is 9.47 Å². The second-order valence-corrected chi connectivity index (χ2v) is 5.65. The topological polar surface area (TPSA) is 54.0 Å². The summed E-state index contributed by atoms with van der Waals surface area (Å²) >= 11 is 0. The fourth-order valence-corrected chi connectivity index (χ4v) is 2.54. The number of rotatable bonds is 5. The van der Waals surface area contributed by atoms with Crippen LogP contribution in [0, 0.1) is 0 Å². The van der Waals surface area contributed by atoms with E-state index in [9.17, 15) is 4.79 Å². The normalized spacial score (nSPS) is 22.9. The molecule has 2 rings (SSSR count). The summed E-state index contributed by atoms with van der Waals surface area (Å²) in [6.07, 6.45) is -0.00612. The molecule has 1 N–H and O–H groups in total. The maximum absolute atomic E-state index is 12.3. The van der Waals surface area contributed by atoms with Crippen molar-refractivity contribution in [2.75, 3.05) is 59.0 Å². The highest BCUT2D eigenvalue weighted by molar-refractivity contribution is 5.85. The number of hydrogen-bond acceptors (Lipinski definition) is 5. The van der Waals surface area contributed by atoms with Gasteiger partial charge >= 0.3 is 0 Å². The van der Waals surface area contributed by atoms with Gasteiger partial charge in [-0.15, -0.1) is 24.8 Å². The molecule has 0 aromatic heterocycles. The molecule has 8 heteroatoms. The summed E-state index contributed by atoms with van der Waals surface area (Å²) in [7, 11) is 0. The maximum Gasteiger partial charge on any atom is 0.253 e. The molecule has 2 fully saturated rings. The molecule has 0 spiro atoms. The van der Waals surface area contributed by atoms with E-state index in [1.54, 1.807) is 0 Å². The van der Waals surface area contributed by atoms with Crippen molar-refractivity contribution < 1.29 is 14.3 Å². The molecule has 0 aliphatic carbocycles. The molecule has 0 bridgehead atoms. The lowest BCUT2D eigenvalue weighted by Gasteiger charge is -2.37. The number of hydrogen-bond donors (Lipinski definition) is 1. The van der Waals surface area contributed by atoms with E-state index in [0.717, 1.165) is 45.9 Å². The number of halogens is 2. The van der Waals surface area contributed by atoms with Crippen molar-refractivity contribution >= 4 is 30.7 Å². The molecule has 0 aromatic rings. The molecular formula is C14H29Cl2N3O3. The third-order valence-corrected chi connectivity index (χ3v) is 3.75. The van der Waals surface area contributed by atoms with Gasteiger partial charge in [0.05, 0.1) is 19.3 Å². The van der Waals surface area contributed by atoms with Gasteiger partial charge in [0.1, 0.15) is 6.10 Å². The largest absolute Gasteiger partial charge is 0.377 e. The third kappa shape index (κ3) is 6.98. The molecule has 0 aromatic carbocycles. The first-order chi connectivity index (χ1) is 9.66. The second-order valence-electron chi connectivity index (χ2n) is 5.65. The smallest absolute Gasteiger partial charge is 0.253 e. The van der Waals surface area contributed by atoms with E-state index in [-0.39, 0.29) is 42.9 Å². The lowest BCUT2D eigenvalue weighted by Crippen LogP contribution is -2.55. The average Bonchev–Trinajstić information content (AvgIpc) is 2.48. The lowest BCUT2D eigenvalue weighted by molar-refractivity contribution is -0.147. The number of amides is 1. The van der Waals surface area contributed by atoms with Crippen LogP contribution in [0.1, 0.15) is 13.8 Å². The fraction of sp³-hybridized carbons (Fsp3) is 0.929. The van der Waals surface area contributed by atoms with Gasteiger partial charge in [0.15, 0.2) is 0 Å². The van der Waals surface area contributed by atoms with Gasteiger partial charge < -0.3 is 19.7 Å². The van der Waals surface area contributed by atoms with Crippen LogP contribution in [0.25, 0.3) is 0 Å². The summed E-state index contributed by atoms with van der Waals surface area (Å²) in [5, 5.41) is 3.20. The van der Waals surface area contributed by atoms with Gasteiger partial charge in [-0.1, -0.05) is 0 Å². The summed E-state index contributed by atoms with van der Waals surface area (Å²) in [5.41, 5.74) is 0. The molecule has 1 amide bonds. The zero-order chi connectivity index (χ0) is 14.4. The molecule has 0 saturated carbocycles. The van der Waals surface area contributed by atoms with Crippen molar-refractivity contribution in [1.29, 1.82) is 0 Å². The number of nitrogens with zero attached hydrogens (tertiary/aromatic N) is 2. The van der Waals surface area contributed by atoms with Gasteiger partial charge in [0.2, 0.25) is 0 Å². The molecule has 2 saturated heterocycles. The Kier molecular flexibility index (Phi) is 11.4. The van der Waals surface area contributed by atoms with Crippen LogP contribution in [0.15, 0.2) is 0 Å². The average molecular weight is 358 g/mol. The van der Waals surface area contributed by atoms with Crippen molar-refractivity contribution in [3.05, 3.63) is 0 Å². The Bertz CT molecular complexity index is 308. The second kappa shape index (κ2) is 11.4. The molecule has 22 heavy (non-hydrogen) atoms. The van der Waals surface area contributed by atoms with Crippen molar-refractivity contribution in [3.63, 3.8) is 0 Å². The first-order valence-corrected chi connectivity index (χ1v) is 7.62. The monoisotopic (exact) mass is 357 g/mol. The third-order valence-electron chi connectivity index (χ3n) is 3.75. The first kappa shape index (κ1) is 21.9. The number of morpholine rings is 1. The van der Waals surface area contributed by atoms with Crippen LogP contribution in [-0.2, 0) is 14.3 Å². The summed E-state index contributed by atoms with van der Waals surface area (Å²) < 4.78 is 11.1. The summed E-state index contributed by atoms with van der Waals surface area (Å²) in [5.74, 6) is 0.135. The first-order valence-electron chi connectivity index (χ1n) is 7.62. The van der Waals surface area contributed by atoms with E-state index >= 15 is 0 Å². The van der Waals surface area contributed by atoms with Crippen LogP contribution in [0.4, 0.5) is 0 Å². The molecule has 2 heterocycles. The zero-order valence-electron chi connectivity index (χ0n) is 13.5. The van der Waals surface area contributed by atoms with E-state index in [1.165, 1.54) is 0 Å². The van der Waals surface area contributed by atoms with E-state index in [0.29, 0.717) is 13.2 Å². The number of carbonyl (C=O) groups is 1. The predicted octanol–water partition coefficient (Wildman–Crippen LogP) is 0.388. The van der Waals surface area contributed by atoms with Crippen LogP contribution in [0.3, 0.4) is 0 Å². The Balaban J connectivity index is 0.00000220. The van der Waals surface area contributed by atoms with Crippen molar-refractivity contribution in [2.45, 2.75) is 26.1 Å². The van der Waals surface area contributed by atoms with E-state index < -0.39 is 0 Å². The van der Waals surface area contributed by atoms with Crippen molar-refractivity contribution in [3.8, 4) is 0 Å². The van der Waals surface area contributed by atoms with Crippen LogP contribution in [0.5, 0.6) is 0 Å². The van der Waals surface area contributed by atoms with Gasteiger partial charge in [-0.3, -0.25) is 9.69 Å². The van der Waals surface area contributed by atoms with Crippen molar-refractivity contribution in [1.82, 2.24) is 15.1 Å². The quantitative estimate of drug-likeness (QED) is 0.771. The van der Waals surface area contributed by atoms with Gasteiger partial charge in [-0.05, 0) is 13.8 Å². The molecule has 1 atom stereocenters. The number of carbonyl (C=O) groups excluding carboxylic acids is 1. The van der Waals surface area contributed by atoms with Gasteiger partial charge in [0, 0.05) is 45.8 Å². The Labute approximate surface area is 145 Å². The van der Waals surface area contributed by atoms with Crippen LogP contribution in [-0.4, -0.2) is 86.9 Å². The standard InChI is InChI=1S/C14H27N3O3.2ClH/c1-12(2)19-10-8-16-4-6-17(7-5-16)14(18)13-11-15-3-9-20-13;;/h12-13,15H,3-11H2,1-2H3;2*1H. The summed E-state index contributed by atoms with van der Waals surface area (Å²) in [4.78, 5) is 16.6. The predicted molar refractivity (Wildman–Crippen MR) is 91.2 cm³/mol. The zero-order valence-corrected chi connectivity index (χ0v) is 15.1. The SMILES string of the molecule is CC(C)OCCN1CCN(C(=O)C2CNCCO2)CC1.Cl.Cl. The number of piperazine rings is 1. The molecule has 2 aliphatic heterocycles. The highest BCUT2D eigenvalue weighted by atomic mass is 35.5. The molecular weight excluding hydrogens is 329 g/mol. The highest BCUT2D eigenvalue weighted by Crippen LogP contribution is 2.07. The lowest BCUT2D eigenvalue weighted by atomic mass is 10.2. The van der Waals surface area contributed by atoms with E-state index in [2.05, 4.69) is 24.1 Å². The minimum atomic E-state index is -0.292. The van der Waals surface area contributed by atoms with Gasteiger partial charge in [-0.2, -0.15) is 0 Å². The molecule has 2 aliphatic rings. The van der Waals surface area contributed by atoms with E-state index in [1.807, 2.05) is 4.90 Å². The van der Waals surface area contributed by atoms with Crippen LogP contribution >= 0.6 is 24.8 Å². The Hall–Kier alpha value is -0.110. The summed E-state index contributed by atoms with van der Waals surface area (Å²) in [6.45, 7) is 11.4. The molecule has 6 nitrogen and oxygen atoms in total. The summed E-state index contributed by atoms with van der Waals surface area (Å²) in [6, 6.07) is 0. The van der Waals surface area contributed by atoms with Gasteiger partial charge in [-0.25, -0.2) is 0 Å². The van der Waals surface area contributed by atoms with Crippen LogP contribution in [0.2, 0.25) is 0 Å². The minimum absolute atomic E-state index is 0. The van der Waals surface area contributed by atoms with Crippen LogP contribution < -0.4 is 5.32 Å². The molecule has 132 valence electrons. The number of nitrogens with one attached hydrogen (secondary N) is 1. The molecule has 1 unspecified atom stereocenters. The Morgan fingerprint density at radius 1 is 1.27 bits per heavy atom. The van der Waals surface area contributed by atoms with Crippen molar-refractivity contribution in [2.24, 2.45) is 0 Å². The highest BCUT2D eigenvalue weighted by Gasteiger charge is 2.29. The number of ether oxygens (including phenoxy) is 2. The molecule has 0 radical (unpaired) electrons. The fourth-order valence-electron chi connectivity index (χ4n) is 2.54.